The minimum atomic E-state index is -2.02. The molecule has 1 unspecified atom stereocenters. The zero-order valence-electron chi connectivity index (χ0n) is 12.2. The predicted octanol–water partition coefficient (Wildman–Crippen LogP) is 5.67. The molecule has 0 amide bonds. The van der Waals surface area contributed by atoms with Gasteiger partial charge in [-0.2, -0.15) is 0 Å². The topological polar surface area (TPSA) is 66.2 Å². The van der Waals surface area contributed by atoms with E-state index in [0.717, 1.165) is 19.3 Å². The van der Waals surface area contributed by atoms with Gasteiger partial charge in [-0.3, -0.25) is 10.8 Å². The molecule has 2 N–H and O–H groups in total. The summed E-state index contributed by atoms with van der Waals surface area (Å²) in [6.07, 6.45) is 2.77. The first kappa shape index (κ1) is 23.2. The van der Waals surface area contributed by atoms with Gasteiger partial charge in [-0.1, -0.05) is 101 Å². The smallest absolute Gasteiger partial charge is 0.265 e. The Bertz CT molecular complexity index is 462. The van der Waals surface area contributed by atoms with Crippen LogP contribution in [0.1, 0.15) is 32.6 Å². The average molecular weight is 445 g/mol. The van der Waals surface area contributed by atoms with Gasteiger partial charge in [-0.15, -0.1) is 0 Å². The highest BCUT2D eigenvalue weighted by atomic mass is 35.6. The van der Waals surface area contributed by atoms with Crippen molar-refractivity contribution in [3.63, 3.8) is 0 Å². The van der Waals surface area contributed by atoms with Gasteiger partial charge in [-0.25, -0.2) is 0 Å². The van der Waals surface area contributed by atoms with Crippen molar-refractivity contribution in [2.45, 2.75) is 46.3 Å². The molecule has 132 valence electrons. The van der Waals surface area contributed by atoms with Crippen molar-refractivity contribution < 1.29 is 9.47 Å². The predicted molar refractivity (Wildman–Crippen MR) is 98.8 cm³/mol. The molecule has 0 spiro atoms. The zero-order chi connectivity index (χ0) is 18.1. The Morgan fingerprint density at radius 2 is 1.57 bits per heavy atom. The molecule has 0 saturated carbocycles. The number of rotatable bonds is 6. The fourth-order valence-electron chi connectivity index (χ4n) is 1.20. The van der Waals surface area contributed by atoms with E-state index in [4.69, 9.17) is 89.9 Å². The quantitative estimate of drug-likeness (QED) is 0.182. The van der Waals surface area contributed by atoms with Crippen LogP contribution in [0.4, 0.5) is 0 Å². The Morgan fingerprint density at radius 1 is 1.00 bits per heavy atom. The number of alkyl halides is 6. The van der Waals surface area contributed by atoms with Gasteiger partial charge in [0.2, 0.25) is 11.8 Å². The van der Waals surface area contributed by atoms with E-state index in [-0.39, 0.29) is 6.61 Å². The summed E-state index contributed by atoms with van der Waals surface area (Å²) in [6.45, 7) is 1.83. The van der Waals surface area contributed by atoms with Crippen LogP contribution in [0.3, 0.4) is 0 Å². The SMILES string of the molecule is CCCCCC#CC(COC(=N)C(Cl)(Cl)Cl)OC(=N)C(Cl)(Cl)Cl. The van der Waals surface area contributed by atoms with E-state index < -0.39 is 25.5 Å². The molecule has 0 aliphatic rings. The third kappa shape index (κ3) is 11.4. The molecule has 1 atom stereocenters. The third-order valence-electron chi connectivity index (χ3n) is 2.32. The molecule has 0 aromatic heterocycles. The van der Waals surface area contributed by atoms with E-state index in [1.54, 1.807) is 0 Å². The van der Waals surface area contributed by atoms with Crippen LogP contribution >= 0.6 is 69.6 Å². The van der Waals surface area contributed by atoms with Gasteiger partial charge >= 0.3 is 0 Å². The molecule has 0 aliphatic carbocycles. The minimum Gasteiger partial charge on any atom is -0.473 e. The molecule has 0 heterocycles. The van der Waals surface area contributed by atoms with E-state index >= 15 is 0 Å². The lowest BCUT2D eigenvalue weighted by Crippen LogP contribution is -2.32. The Labute approximate surface area is 166 Å². The van der Waals surface area contributed by atoms with Gasteiger partial charge in [0, 0.05) is 6.42 Å². The second kappa shape index (κ2) is 11.0. The number of halogens is 6. The highest BCUT2D eigenvalue weighted by molar-refractivity contribution is 6.76. The summed E-state index contributed by atoms with van der Waals surface area (Å²) < 4.78 is 6.12. The van der Waals surface area contributed by atoms with Gasteiger partial charge in [0.1, 0.15) is 6.61 Å². The fraction of sp³-hybridized carbons (Fsp3) is 0.692. The normalized spacial score (nSPS) is 12.8. The average Bonchev–Trinajstić information content (AvgIpc) is 2.41. The third-order valence-corrected chi connectivity index (χ3v) is 3.35. The maximum Gasteiger partial charge on any atom is 0.265 e. The number of hydrogen-bond donors (Lipinski definition) is 2. The van der Waals surface area contributed by atoms with Crippen molar-refractivity contribution in [1.29, 1.82) is 10.8 Å². The lowest BCUT2D eigenvalue weighted by atomic mass is 10.2. The summed E-state index contributed by atoms with van der Waals surface area (Å²) in [5.74, 6) is 4.43. The summed E-state index contributed by atoms with van der Waals surface area (Å²) in [5.41, 5.74) is 0. The molecule has 10 heteroatoms. The van der Waals surface area contributed by atoms with Gasteiger partial charge in [-0.05, 0) is 6.42 Å². The summed E-state index contributed by atoms with van der Waals surface area (Å²) in [7, 11) is 0. The van der Waals surface area contributed by atoms with Crippen molar-refractivity contribution in [2.75, 3.05) is 6.61 Å². The lowest BCUT2D eigenvalue weighted by Gasteiger charge is -2.20. The first-order valence-electron chi connectivity index (χ1n) is 6.57. The monoisotopic (exact) mass is 442 g/mol. The molecule has 0 aromatic carbocycles. The minimum absolute atomic E-state index is 0.253. The second-order valence-corrected chi connectivity index (χ2v) is 8.91. The zero-order valence-corrected chi connectivity index (χ0v) is 16.7. The first-order valence-corrected chi connectivity index (χ1v) is 8.84. The molecule has 0 aliphatic heterocycles. The Balaban J connectivity index is 4.73. The summed E-state index contributed by atoms with van der Waals surface area (Å²) in [5, 5.41) is 15.0. The standard InChI is InChI=1S/C13H16Cl6N2O2/c1-2-3-4-5-6-7-9(23-11(21)13(17,18)19)8-22-10(20)12(14,15)16/h9,20-21H,2-5,8H2,1H3. The summed E-state index contributed by atoms with van der Waals surface area (Å²) in [4.78, 5) is 0. The van der Waals surface area contributed by atoms with Crippen molar-refractivity contribution in [3.05, 3.63) is 0 Å². The van der Waals surface area contributed by atoms with Gasteiger partial charge < -0.3 is 9.47 Å². The molecule has 23 heavy (non-hydrogen) atoms. The van der Waals surface area contributed by atoms with Crippen LogP contribution in [-0.2, 0) is 9.47 Å². The van der Waals surface area contributed by atoms with Crippen LogP contribution in [0, 0.1) is 22.7 Å². The van der Waals surface area contributed by atoms with E-state index in [2.05, 4.69) is 18.8 Å². The van der Waals surface area contributed by atoms with Crippen LogP contribution in [0.5, 0.6) is 0 Å². The number of unbranched alkanes of at least 4 members (excludes halogenated alkanes) is 3. The maximum absolute atomic E-state index is 7.55. The molecule has 0 radical (unpaired) electrons. The van der Waals surface area contributed by atoms with Crippen LogP contribution in [-0.4, -0.2) is 32.1 Å². The molecule has 4 nitrogen and oxygen atoms in total. The molecule has 0 saturated heterocycles. The van der Waals surface area contributed by atoms with Crippen molar-refractivity contribution in [2.24, 2.45) is 0 Å². The van der Waals surface area contributed by atoms with E-state index in [1.165, 1.54) is 0 Å². The first-order chi connectivity index (χ1) is 10.5. The highest BCUT2D eigenvalue weighted by Gasteiger charge is 2.32. The maximum atomic E-state index is 7.55. The van der Waals surface area contributed by atoms with Crippen LogP contribution in [0.2, 0.25) is 0 Å². The summed E-state index contributed by atoms with van der Waals surface area (Å²) >= 11 is 33.2. The fourth-order valence-corrected chi connectivity index (χ4v) is 1.50. The Hall–Kier alpha value is 0.240. The molecular formula is C13H16Cl6N2O2. The molecule has 0 rings (SSSR count). The molecule has 0 bridgehead atoms. The van der Waals surface area contributed by atoms with E-state index in [1.807, 2.05) is 0 Å². The van der Waals surface area contributed by atoms with Crippen LogP contribution in [0.25, 0.3) is 0 Å². The highest BCUT2D eigenvalue weighted by Crippen LogP contribution is 2.29. The van der Waals surface area contributed by atoms with Crippen molar-refractivity contribution >= 4 is 81.4 Å². The molecule has 0 fully saturated rings. The molecule has 0 aromatic rings. The van der Waals surface area contributed by atoms with Gasteiger partial charge in [0.25, 0.3) is 7.59 Å². The van der Waals surface area contributed by atoms with E-state index in [9.17, 15) is 0 Å². The lowest BCUT2D eigenvalue weighted by molar-refractivity contribution is 0.148. The number of ether oxygens (including phenoxy) is 2. The van der Waals surface area contributed by atoms with Crippen LogP contribution in [0.15, 0.2) is 0 Å². The molecular weight excluding hydrogens is 429 g/mol. The van der Waals surface area contributed by atoms with Crippen molar-refractivity contribution in [3.8, 4) is 11.8 Å². The second-order valence-electron chi connectivity index (χ2n) is 4.35. The Kier molecular flexibility index (Phi) is 11.1. The van der Waals surface area contributed by atoms with Crippen molar-refractivity contribution in [1.82, 2.24) is 0 Å². The van der Waals surface area contributed by atoms with Gasteiger partial charge in [0.15, 0.2) is 6.10 Å². The number of nitrogens with one attached hydrogen (secondary N) is 2. The largest absolute Gasteiger partial charge is 0.473 e. The van der Waals surface area contributed by atoms with Crippen LogP contribution < -0.4 is 0 Å². The van der Waals surface area contributed by atoms with Gasteiger partial charge in [0.05, 0.1) is 0 Å². The van der Waals surface area contributed by atoms with E-state index in [0.29, 0.717) is 6.42 Å². The number of hydrogen-bond acceptors (Lipinski definition) is 4. The summed E-state index contributed by atoms with van der Waals surface area (Å²) in [6, 6.07) is 0. The Morgan fingerprint density at radius 3 is 2.04 bits per heavy atom.